The van der Waals surface area contributed by atoms with E-state index in [4.69, 9.17) is 10.5 Å². The second kappa shape index (κ2) is 2.22. The van der Waals surface area contributed by atoms with Gasteiger partial charge in [-0.2, -0.15) is 0 Å². The van der Waals surface area contributed by atoms with Crippen molar-refractivity contribution in [2.45, 2.75) is 18.6 Å². The minimum atomic E-state index is 0.381. The summed E-state index contributed by atoms with van der Waals surface area (Å²) in [7, 11) is 0. The first-order chi connectivity index (χ1) is 4.92. The van der Waals surface area contributed by atoms with E-state index in [1.807, 2.05) is 0 Å². The average molecular weight is 137 g/mol. The molecule has 2 unspecified atom stereocenters. The second-order valence-electron chi connectivity index (χ2n) is 2.69. The Bertz CT molecular complexity index is 195. The molecule has 0 spiro atoms. The zero-order valence-corrected chi connectivity index (χ0v) is 5.79. The molecule has 2 aliphatic rings. The van der Waals surface area contributed by atoms with Crippen LogP contribution in [0.3, 0.4) is 0 Å². The lowest BCUT2D eigenvalue weighted by Gasteiger charge is -2.01. The highest BCUT2D eigenvalue weighted by Gasteiger charge is 2.40. The summed E-state index contributed by atoms with van der Waals surface area (Å²) in [6.07, 6.45) is 8.00. The van der Waals surface area contributed by atoms with Gasteiger partial charge in [-0.15, -0.1) is 0 Å². The molecule has 54 valence electrons. The molecular weight excluding hydrogens is 126 g/mol. The number of fused-ring (bicyclic) bond motifs is 1. The maximum atomic E-state index is 5.42. The lowest BCUT2D eigenvalue weighted by atomic mass is 10.0. The summed E-state index contributed by atoms with van der Waals surface area (Å²) >= 11 is 0. The van der Waals surface area contributed by atoms with Gasteiger partial charge in [0.25, 0.3) is 0 Å². The van der Waals surface area contributed by atoms with Gasteiger partial charge in [0.05, 0.1) is 0 Å². The molecule has 0 amide bonds. The minimum Gasteiger partial charge on any atom is -0.360 e. The molecule has 2 atom stereocenters. The molecule has 0 aromatic rings. The number of nitrogens with two attached hydrogens (primary N) is 1. The Morgan fingerprint density at radius 1 is 1.60 bits per heavy atom. The van der Waals surface area contributed by atoms with E-state index >= 15 is 0 Å². The number of ether oxygens (including phenoxy) is 1. The molecule has 2 rings (SSSR count). The SMILES string of the molecule is NCCC1=CC=CC2OC12. The monoisotopic (exact) mass is 137 g/mol. The van der Waals surface area contributed by atoms with Gasteiger partial charge in [0.1, 0.15) is 12.2 Å². The molecule has 1 saturated heterocycles. The molecule has 0 saturated carbocycles. The smallest absolute Gasteiger partial charge is 0.110 e. The first-order valence-electron chi connectivity index (χ1n) is 3.64. The third-order valence-electron chi connectivity index (χ3n) is 1.94. The topological polar surface area (TPSA) is 38.5 Å². The number of rotatable bonds is 2. The van der Waals surface area contributed by atoms with Gasteiger partial charge in [-0.25, -0.2) is 0 Å². The summed E-state index contributed by atoms with van der Waals surface area (Å²) in [5, 5.41) is 0. The number of epoxide rings is 1. The molecule has 10 heavy (non-hydrogen) atoms. The van der Waals surface area contributed by atoms with E-state index in [1.54, 1.807) is 0 Å². The molecule has 0 aromatic carbocycles. The zero-order chi connectivity index (χ0) is 6.97. The molecule has 0 bridgehead atoms. The van der Waals surface area contributed by atoms with Crippen molar-refractivity contribution in [3.8, 4) is 0 Å². The normalized spacial score (nSPS) is 35.1. The summed E-state index contributed by atoms with van der Waals surface area (Å²) < 4.78 is 5.33. The maximum Gasteiger partial charge on any atom is 0.110 e. The van der Waals surface area contributed by atoms with Crippen molar-refractivity contribution < 1.29 is 4.74 Å². The predicted molar refractivity (Wildman–Crippen MR) is 39.6 cm³/mol. The van der Waals surface area contributed by atoms with Gasteiger partial charge in [0, 0.05) is 0 Å². The van der Waals surface area contributed by atoms with Crippen molar-refractivity contribution in [1.82, 2.24) is 0 Å². The van der Waals surface area contributed by atoms with Gasteiger partial charge in [0.15, 0.2) is 0 Å². The van der Waals surface area contributed by atoms with Crippen molar-refractivity contribution in [1.29, 1.82) is 0 Å². The van der Waals surface area contributed by atoms with Crippen LogP contribution in [0.5, 0.6) is 0 Å². The first kappa shape index (κ1) is 6.13. The molecule has 1 fully saturated rings. The quantitative estimate of drug-likeness (QED) is 0.566. The highest BCUT2D eigenvalue weighted by molar-refractivity contribution is 5.31. The van der Waals surface area contributed by atoms with Gasteiger partial charge in [-0.3, -0.25) is 0 Å². The summed E-state index contributed by atoms with van der Waals surface area (Å²) in [5.74, 6) is 0. The maximum absolute atomic E-state index is 5.42. The first-order valence-corrected chi connectivity index (χ1v) is 3.64. The van der Waals surface area contributed by atoms with E-state index in [0.717, 1.165) is 13.0 Å². The van der Waals surface area contributed by atoms with Crippen molar-refractivity contribution in [3.63, 3.8) is 0 Å². The van der Waals surface area contributed by atoms with Crippen molar-refractivity contribution in [2.24, 2.45) is 5.73 Å². The van der Waals surface area contributed by atoms with E-state index in [2.05, 4.69) is 18.2 Å². The summed E-state index contributed by atoms with van der Waals surface area (Å²) in [5.41, 5.74) is 6.78. The Hall–Kier alpha value is -0.600. The van der Waals surface area contributed by atoms with Crippen LogP contribution in [-0.4, -0.2) is 18.8 Å². The third kappa shape index (κ3) is 0.895. The Labute approximate surface area is 60.4 Å². The molecule has 1 aliphatic heterocycles. The van der Waals surface area contributed by atoms with E-state index < -0.39 is 0 Å². The molecule has 0 radical (unpaired) electrons. The van der Waals surface area contributed by atoms with Crippen LogP contribution in [0.25, 0.3) is 0 Å². The molecule has 2 N–H and O–H groups in total. The van der Waals surface area contributed by atoms with Crippen LogP contribution in [0, 0.1) is 0 Å². The number of hydrogen-bond acceptors (Lipinski definition) is 2. The molecule has 2 nitrogen and oxygen atoms in total. The van der Waals surface area contributed by atoms with E-state index in [-0.39, 0.29) is 0 Å². The van der Waals surface area contributed by atoms with E-state index in [1.165, 1.54) is 5.57 Å². The van der Waals surface area contributed by atoms with Crippen LogP contribution < -0.4 is 5.73 Å². The Balaban J connectivity index is 2.05. The van der Waals surface area contributed by atoms with Gasteiger partial charge in [-0.05, 0) is 18.5 Å². The summed E-state index contributed by atoms with van der Waals surface area (Å²) in [6.45, 7) is 0.728. The fourth-order valence-electron chi connectivity index (χ4n) is 1.34. The summed E-state index contributed by atoms with van der Waals surface area (Å²) in [6, 6.07) is 0. The molecule has 1 aliphatic carbocycles. The van der Waals surface area contributed by atoms with Gasteiger partial charge < -0.3 is 10.5 Å². The molecular formula is C8H11NO. The van der Waals surface area contributed by atoms with Crippen LogP contribution in [-0.2, 0) is 4.74 Å². The van der Waals surface area contributed by atoms with Crippen LogP contribution in [0.15, 0.2) is 23.8 Å². The van der Waals surface area contributed by atoms with Gasteiger partial charge in [0.2, 0.25) is 0 Å². The summed E-state index contributed by atoms with van der Waals surface area (Å²) in [4.78, 5) is 0. The van der Waals surface area contributed by atoms with Gasteiger partial charge in [-0.1, -0.05) is 18.2 Å². The Morgan fingerprint density at radius 2 is 2.50 bits per heavy atom. The van der Waals surface area contributed by atoms with Crippen LogP contribution in [0.2, 0.25) is 0 Å². The molecule has 2 heteroatoms. The van der Waals surface area contributed by atoms with Crippen molar-refractivity contribution in [2.75, 3.05) is 6.54 Å². The van der Waals surface area contributed by atoms with E-state index in [0.29, 0.717) is 12.2 Å². The highest BCUT2D eigenvalue weighted by atomic mass is 16.6. The molecule has 1 heterocycles. The largest absolute Gasteiger partial charge is 0.360 e. The highest BCUT2D eigenvalue weighted by Crippen LogP contribution is 2.34. The Kier molecular flexibility index (Phi) is 1.36. The molecule has 0 aromatic heterocycles. The number of hydrogen-bond donors (Lipinski definition) is 1. The predicted octanol–water partition coefficient (Wildman–Crippen LogP) is 0.599. The number of allylic oxidation sites excluding steroid dienone is 2. The minimum absolute atomic E-state index is 0.381. The average Bonchev–Trinajstić information content (AvgIpc) is 2.67. The van der Waals surface area contributed by atoms with Crippen LogP contribution >= 0.6 is 0 Å². The zero-order valence-electron chi connectivity index (χ0n) is 5.79. The van der Waals surface area contributed by atoms with E-state index in [9.17, 15) is 0 Å². The fraction of sp³-hybridized carbons (Fsp3) is 0.500. The standard InChI is InChI=1S/C8H11NO/c9-5-4-6-2-1-3-7-8(6)10-7/h1-3,7-8H,4-5,9H2. The van der Waals surface area contributed by atoms with Crippen LogP contribution in [0.1, 0.15) is 6.42 Å². The lowest BCUT2D eigenvalue weighted by Crippen LogP contribution is -2.06. The third-order valence-corrected chi connectivity index (χ3v) is 1.94. The second-order valence-corrected chi connectivity index (χ2v) is 2.69. The van der Waals surface area contributed by atoms with Crippen molar-refractivity contribution in [3.05, 3.63) is 23.8 Å². The lowest BCUT2D eigenvalue weighted by molar-refractivity contribution is 0.405. The fourth-order valence-corrected chi connectivity index (χ4v) is 1.34. The van der Waals surface area contributed by atoms with Crippen LogP contribution in [0.4, 0.5) is 0 Å². The van der Waals surface area contributed by atoms with Crippen molar-refractivity contribution >= 4 is 0 Å². The van der Waals surface area contributed by atoms with Gasteiger partial charge >= 0.3 is 0 Å². The Morgan fingerprint density at radius 3 is 3.30 bits per heavy atom.